The predicted octanol–water partition coefficient (Wildman–Crippen LogP) is 4.65. The number of phenols is 2. The molecule has 0 fully saturated rings. The van der Waals surface area contributed by atoms with Crippen LogP contribution < -0.4 is 5.84 Å². The highest BCUT2D eigenvalue weighted by molar-refractivity contribution is 6.07. The fourth-order valence-corrected chi connectivity index (χ4v) is 3.12. The number of aromatic hydroxyl groups is 2. The molecular formula is C26H32N2O4. The number of nitrogens with two attached hydrogens (primary N) is 1. The minimum absolute atomic E-state index is 0.186. The molecule has 2 aromatic rings. The Kier molecular flexibility index (Phi) is 7.31. The van der Waals surface area contributed by atoms with Crippen molar-refractivity contribution in [2.75, 3.05) is 0 Å². The minimum atomic E-state index is -0.675. The van der Waals surface area contributed by atoms with Crippen LogP contribution in [-0.2, 0) is 20.4 Å². The largest absolute Gasteiger partial charge is 0.508 e. The summed E-state index contributed by atoms with van der Waals surface area (Å²) in [5.74, 6) is 4.71. The normalized spacial score (nSPS) is 12.5. The van der Waals surface area contributed by atoms with E-state index in [0.29, 0.717) is 16.1 Å². The van der Waals surface area contributed by atoms with E-state index in [9.17, 15) is 19.8 Å². The summed E-state index contributed by atoms with van der Waals surface area (Å²) >= 11 is 0. The first kappa shape index (κ1) is 24.9. The molecule has 0 saturated carbocycles. The van der Waals surface area contributed by atoms with E-state index < -0.39 is 11.8 Å². The molecule has 0 aliphatic carbocycles. The van der Waals surface area contributed by atoms with E-state index in [1.807, 2.05) is 41.5 Å². The van der Waals surface area contributed by atoms with E-state index in [1.54, 1.807) is 48.6 Å². The minimum Gasteiger partial charge on any atom is -0.508 e. The number of imide groups is 1. The van der Waals surface area contributed by atoms with Gasteiger partial charge in [0.15, 0.2) is 0 Å². The number of hydrogen-bond acceptors (Lipinski definition) is 5. The monoisotopic (exact) mass is 436 g/mol. The number of nitrogens with zero attached hydrogens (tertiary/aromatic N) is 1. The number of carbonyl (C=O) groups excluding carboxylic acids is 2. The second kappa shape index (κ2) is 9.40. The Morgan fingerprint density at radius 1 is 0.750 bits per heavy atom. The van der Waals surface area contributed by atoms with Crippen LogP contribution in [0.1, 0.15) is 63.8 Å². The molecule has 0 atom stereocenters. The summed E-state index contributed by atoms with van der Waals surface area (Å²) < 4.78 is 0. The number of hydrogen-bond donors (Lipinski definition) is 3. The Hall–Kier alpha value is -3.38. The smallest absolute Gasteiger partial charge is 0.267 e. The molecule has 0 aromatic heterocycles. The van der Waals surface area contributed by atoms with Gasteiger partial charge in [0.1, 0.15) is 11.5 Å². The van der Waals surface area contributed by atoms with Crippen LogP contribution >= 0.6 is 0 Å². The Morgan fingerprint density at radius 2 is 1.09 bits per heavy atom. The number of benzene rings is 2. The Morgan fingerprint density at radius 3 is 1.41 bits per heavy atom. The molecule has 0 radical (unpaired) electrons. The SMILES string of the molecule is CC(C)(C)c1cc(/C=C/C(=O)N(N)C(=O)/C=C/c2ccc(O)c(C(C)(C)C)c2)ccc1O. The van der Waals surface area contributed by atoms with Crippen molar-refractivity contribution < 1.29 is 19.8 Å². The lowest BCUT2D eigenvalue weighted by Gasteiger charge is -2.20. The molecule has 0 heterocycles. The molecule has 2 rings (SSSR count). The van der Waals surface area contributed by atoms with Gasteiger partial charge in [0.2, 0.25) is 0 Å². The van der Waals surface area contributed by atoms with Gasteiger partial charge in [0.25, 0.3) is 11.8 Å². The van der Waals surface area contributed by atoms with Crippen LogP contribution in [0.2, 0.25) is 0 Å². The van der Waals surface area contributed by atoms with Crippen molar-refractivity contribution in [1.29, 1.82) is 0 Å². The molecule has 0 bridgehead atoms. The Bertz CT molecular complexity index is 985. The van der Waals surface area contributed by atoms with Crippen LogP contribution in [0.5, 0.6) is 11.5 Å². The average molecular weight is 437 g/mol. The zero-order valence-electron chi connectivity index (χ0n) is 19.5. The van der Waals surface area contributed by atoms with Gasteiger partial charge in [-0.25, -0.2) is 10.9 Å². The molecular weight excluding hydrogens is 404 g/mol. The lowest BCUT2D eigenvalue weighted by Crippen LogP contribution is -2.40. The number of phenolic OH excluding ortho intramolecular Hbond substituents is 2. The summed E-state index contributed by atoms with van der Waals surface area (Å²) in [5.41, 5.74) is 2.38. The first-order valence-electron chi connectivity index (χ1n) is 10.4. The van der Waals surface area contributed by atoms with E-state index in [-0.39, 0.29) is 22.3 Å². The number of hydrazine groups is 1. The zero-order valence-corrected chi connectivity index (χ0v) is 19.5. The van der Waals surface area contributed by atoms with Crippen molar-refractivity contribution in [2.24, 2.45) is 5.84 Å². The van der Waals surface area contributed by atoms with E-state index in [1.165, 1.54) is 12.2 Å². The van der Waals surface area contributed by atoms with Crippen molar-refractivity contribution in [3.05, 3.63) is 70.8 Å². The summed E-state index contributed by atoms with van der Waals surface area (Å²) in [6, 6.07) is 10.1. The van der Waals surface area contributed by atoms with Crippen molar-refractivity contribution in [2.45, 2.75) is 52.4 Å². The highest BCUT2D eigenvalue weighted by atomic mass is 16.3. The molecule has 6 heteroatoms. The summed E-state index contributed by atoms with van der Waals surface area (Å²) in [4.78, 5) is 24.7. The molecule has 0 spiro atoms. The molecule has 0 aliphatic rings. The van der Waals surface area contributed by atoms with Crippen LogP contribution in [0.4, 0.5) is 0 Å². The molecule has 0 aliphatic heterocycles. The molecule has 0 unspecified atom stereocenters. The summed E-state index contributed by atoms with van der Waals surface area (Å²) in [7, 11) is 0. The Balaban J connectivity index is 2.13. The maximum absolute atomic E-state index is 12.3. The summed E-state index contributed by atoms with van der Waals surface area (Å²) in [6.07, 6.45) is 5.51. The molecule has 0 saturated heterocycles. The highest BCUT2D eigenvalue weighted by Gasteiger charge is 2.19. The van der Waals surface area contributed by atoms with Gasteiger partial charge >= 0.3 is 0 Å². The number of carbonyl (C=O) groups is 2. The molecule has 6 nitrogen and oxygen atoms in total. The van der Waals surface area contributed by atoms with Gasteiger partial charge in [-0.2, -0.15) is 0 Å². The van der Waals surface area contributed by atoms with E-state index in [4.69, 9.17) is 5.84 Å². The van der Waals surface area contributed by atoms with Crippen LogP contribution in [-0.4, -0.2) is 27.0 Å². The lowest BCUT2D eigenvalue weighted by molar-refractivity contribution is -0.138. The fourth-order valence-electron chi connectivity index (χ4n) is 3.12. The standard InChI is InChI=1S/C26H32N2O4/c1-25(2,3)19-15-17(7-11-21(19)29)9-13-23(31)28(27)24(32)14-10-18-8-12-22(30)20(16-18)26(4,5)6/h7-16,29-30H,27H2,1-6H3/b13-9+,14-10+. The zero-order chi connectivity index (χ0) is 24.3. The quantitative estimate of drug-likeness (QED) is 0.280. The van der Waals surface area contributed by atoms with E-state index in [0.717, 1.165) is 11.1 Å². The van der Waals surface area contributed by atoms with Gasteiger partial charge in [-0.1, -0.05) is 53.7 Å². The van der Waals surface area contributed by atoms with E-state index >= 15 is 0 Å². The average Bonchev–Trinajstić information content (AvgIpc) is 2.69. The molecule has 2 amide bonds. The first-order chi connectivity index (χ1) is 14.7. The third-order valence-corrected chi connectivity index (χ3v) is 4.97. The van der Waals surface area contributed by atoms with Gasteiger partial charge in [0, 0.05) is 12.2 Å². The van der Waals surface area contributed by atoms with Gasteiger partial charge in [-0.15, -0.1) is 0 Å². The van der Waals surface area contributed by atoms with Crippen molar-refractivity contribution >= 4 is 24.0 Å². The first-order valence-corrected chi connectivity index (χ1v) is 10.4. The lowest BCUT2D eigenvalue weighted by atomic mass is 9.85. The van der Waals surface area contributed by atoms with Crippen molar-refractivity contribution in [1.82, 2.24) is 5.01 Å². The van der Waals surface area contributed by atoms with Crippen LogP contribution in [0.3, 0.4) is 0 Å². The second-order valence-electron chi connectivity index (χ2n) is 9.77. The molecule has 32 heavy (non-hydrogen) atoms. The molecule has 2 aromatic carbocycles. The predicted molar refractivity (Wildman–Crippen MR) is 128 cm³/mol. The maximum Gasteiger partial charge on any atom is 0.267 e. The third kappa shape index (κ3) is 6.31. The van der Waals surface area contributed by atoms with E-state index in [2.05, 4.69) is 0 Å². The topological polar surface area (TPSA) is 104 Å². The molecule has 4 N–H and O–H groups in total. The van der Waals surface area contributed by atoms with Crippen LogP contribution in [0.15, 0.2) is 48.6 Å². The summed E-state index contributed by atoms with van der Waals surface area (Å²) in [6.45, 7) is 11.9. The maximum atomic E-state index is 12.3. The summed E-state index contributed by atoms with van der Waals surface area (Å²) in [5, 5.41) is 20.6. The molecule has 170 valence electrons. The third-order valence-electron chi connectivity index (χ3n) is 4.97. The van der Waals surface area contributed by atoms with Crippen LogP contribution in [0, 0.1) is 0 Å². The number of amides is 2. The van der Waals surface area contributed by atoms with Gasteiger partial charge < -0.3 is 10.2 Å². The Labute approximate surface area is 189 Å². The van der Waals surface area contributed by atoms with Crippen LogP contribution in [0.25, 0.3) is 12.2 Å². The highest BCUT2D eigenvalue weighted by Crippen LogP contribution is 2.32. The van der Waals surface area contributed by atoms with Crippen molar-refractivity contribution in [3.8, 4) is 11.5 Å². The van der Waals surface area contributed by atoms with Gasteiger partial charge in [-0.3, -0.25) is 9.59 Å². The van der Waals surface area contributed by atoms with Gasteiger partial charge in [0.05, 0.1) is 0 Å². The van der Waals surface area contributed by atoms with Gasteiger partial charge in [-0.05, 0) is 69.5 Å². The van der Waals surface area contributed by atoms with Crippen molar-refractivity contribution in [3.63, 3.8) is 0 Å². The number of rotatable bonds is 4. The second-order valence-corrected chi connectivity index (χ2v) is 9.77. The fraction of sp³-hybridized carbons (Fsp3) is 0.308.